The molecule has 0 bridgehead atoms. The molecule has 0 aliphatic heterocycles. The minimum absolute atomic E-state index is 0.105. The van der Waals surface area contributed by atoms with Crippen molar-refractivity contribution in [2.75, 3.05) is 6.54 Å². The summed E-state index contributed by atoms with van der Waals surface area (Å²) in [7, 11) is 0. The Morgan fingerprint density at radius 3 is 2.48 bits per heavy atom. The number of furan rings is 1. The molecule has 1 aliphatic rings. The molecule has 3 amide bonds. The van der Waals surface area contributed by atoms with Crippen LogP contribution in [0, 0.1) is 6.92 Å². The number of nitrogens with one attached hydrogen (secondary N) is 2. The van der Waals surface area contributed by atoms with Crippen molar-refractivity contribution in [3.8, 4) is 0 Å². The van der Waals surface area contributed by atoms with Gasteiger partial charge in [0.15, 0.2) is 6.04 Å². The van der Waals surface area contributed by atoms with Crippen LogP contribution in [-0.4, -0.2) is 35.2 Å². The molecule has 3 heterocycles. The fourth-order valence-electron chi connectivity index (χ4n) is 4.02. The maximum absolute atomic E-state index is 13.5. The lowest BCUT2D eigenvalue weighted by Gasteiger charge is -2.30. The summed E-state index contributed by atoms with van der Waals surface area (Å²) in [6.07, 6.45) is 4.04. The fraction of sp³-hybridized carbons (Fsp3) is 0.375. The van der Waals surface area contributed by atoms with Gasteiger partial charge in [-0.3, -0.25) is 14.4 Å². The van der Waals surface area contributed by atoms with E-state index in [0.29, 0.717) is 16.4 Å². The smallest absolute Gasteiger partial charge is 0.261 e. The Morgan fingerprint density at radius 1 is 1.09 bits per heavy atom. The number of carbonyl (C=O) groups excluding carboxylic acids is 3. The van der Waals surface area contributed by atoms with E-state index in [9.17, 15) is 14.4 Å². The highest BCUT2D eigenvalue weighted by Gasteiger charge is 2.35. The summed E-state index contributed by atoms with van der Waals surface area (Å²) in [4.78, 5) is 42.2. The summed E-state index contributed by atoms with van der Waals surface area (Å²) in [5.74, 6) is 0.158. The minimum Gasteiger partial charge on any atom is -0.464 e. The van der Waals surface area contributed by atoms with Crippen molar-refractivity contribution in [2.45, 2.75) is 51.2 Å². The third-order valence-electron chi connectivity index (χ3n) is 5.66. The standard InChI is InChI=1S/C24H27N3O4S2/c1-16-10-11-19(31-16)22(24(30)26-17-6-2-3-7-17)27(15-18-8-4-12-32-18)21(28)14-25-23(29)20-9-5-13-33-20/h4-5,8-13,17,22H,2-3,6-7,14-15H2,1H3,(H,25,29)(H,26,30)/t22-/m0/s1. The monoisotopic (exact) mass is 485 g/mol. The van der Waals surface area contributed by atoms with Crippen molar-refractivity contribution in [1.29, 1.82) is 0 Å². The molecular weight excluding hydrogens is 458 g/mol. The van der Waals surface area contributed by atoms with E-state index in [1.165, 1.54) is 27.6 Å². The summed E-state index contributed by atoms with van der Waals surface area (Å²) in [6, 6.07) is 10.0. The third-order valence-corrected chi connectivity index (χ3v) is 7.39. The van der Waals surface area contributed by atoms with Crippen LogP contribution in [0.2, 0.25) is 0 Å². The van der Waals surface area contributed by atoms with Gasteiger partial charge in [-0.15, -0.1) is 22.7 Å². The lowest BCUT2D eigenvalue weighted by molar-refractivity contribution is -0.141. The summed E-state index contributed by atoms with van der Waals surface area (Å²) in [6.45, 7) is 1.84. The average molecular weight is 486 g/mol. The molecule has 1 aliphatic carbocycles. The molecule has 0 aromatic carbocycles. The van der Waals surface area contributed by atoms with Crippen molar-refractivity contribution < 1.29 is 18.8 Å². The van der Waals surface area contributed by atoms with E-state index in [1.54, 1.807) is 24.3 Å². The maximum atomic E-state index is 13.5. The molecule has 3 aromatic rings. The molecular formula is C24H27N3O4S2. The molecule has 0 saturated heterocycles. The Morgan fingerprint density at radius 2 is 1.85 bits per heavy atom. The second-order valence-corrected chi connectivity index (χ2v) is 10.1. The Hall–Kier alpha value is -2.91. The highest BCUT2D eigenvalue weighted by molar-refractivity contribution is 7.12. The van der Waals surface area contributed by atoms with E-state index < -0.39 is 6.04 Å². The summed E-state index contributed by atoms with van der Waals surface area (Å²) >= 11 is 2.82. The van der Waals surface area contributed by atoms with E-state index in [-0.39, 0.29) is 36.9 Å². The van der Waals surface area contributed by atoms with Gasteiger partial charge in [-0.2, -0.15) is 0 Å². The molecule has 174 valence electrons. The molecule has 9 heteroatoms. The van der Waals surface area contributed by atoms with Gasteiger partial charge in [-0.1, -0.05) is 25.0 Å². The van der Waals surface area contributed by atoms with Gasteiger partial charge in [-0.05, 0) is 54.8 Å². The van der Waals surface area contributed by atoms with Crippen LogP contribution in [-0.2, 0) is 16.1 Å². The Balaban J connectivity index is 1.58. The van der Waals surface area contributed by atoms with Gasteiger partial charge in [0.05, 0.1) is 18.0 Å². The number of thiophene rings is 2. The highest BCUT2D eigenvalue weighted by atomic mass is 32.1. The van der Waals surface area contributed by atoms with E-state index >= 15 is 0 Å². The van der Waals surface area contributed by atoms with Crippen LogP contribution in [0.25, 0.3) is 0 Å². The Kier molecular flexibility index (Phi) is 7.61. The zero-order valence-corrected chi connectivity index (χ0v) is 20.0. The number of carbonyl (C=O) groups is 3. The number of rotatable bonds is 9. The molecule has 1 fully saturated rings. The van der Waals surface area contributed by atoms with Gasteiger partial charge in [-0.25, -0.2) is 0 Å². The van der Waals surface area contributed by atoms with Crippen molar-refractivity contribution in [2.24, 2.45) is 0 Å². The lowest BCUT2D eigenvalue weighted by Crippen LogP contribution is -2.48. The zero-order chi connectivity index (χ0) is 23.2. The molecule has 1 atom stereocenters. The molecule has 0 unspecified atom stereocenters. The predicted octanol–water partition coefficient (Wildman–Crippen LogP) is 4.27. The van der Waals surface area contributed by atoms with Crippen LogP contribution in [0.1, 0.15) is 57.8 Å². The largest absolute Gasteiger partial charge is 0.464 e. The van der Waals surface area contributed by atoms with Crippen molar-refractivity contribution in [3.63, 3.8) is 0 Å². The second-order valence-electron chi connectivity index (χ2n) is 8.10. The number of hydrogen-bond acceptors (Lipinski definition) is 6. The fourth-order valence-corrected chi connectivity index (χ4v) is 5.36. The molecule has 1 saturated carbocycles. The van der Waals surface area contributed by atoms with Crippen molar-refractivity contribution >= 4 is 40.4 Å². The molecule has 3 aromatic heterocycles. The Bertz CT molecular complexity index is 1070. The van der Waals surface area contributed by atoms with Crippen molar-refractivity contribution in [1.82, 2.24) is 15.5 Å². The van der Waals surface area contributed by atoms with Gasteiger partial charge in [0.1, 0.15) is 11.5 Å². The number of amides is 3. The molecule has 33 heavy (non-hydrogen) atoms. The summed E-state index contributed by atoms with van der Waals surface area (Å²) in [5, 5.41) is 9.54. The number of nitrogens with zero attached hydrogens (tertiary/aromatic N) is 1. The van der Waals surface area contributed by atoms with Crippen LogP contribution in [0.15, 0.2) is 51.6 Å². The molecule has 2 N–H and O–H groups in total. The molecule has 4 rings (SSSR count). The SMILES string of the molecule is Cc1ccc([C@@H](C(=O)NC2CCCC2)N(Cc2cccs2)C(=O)CNC(=O)c2cccs2)o1. The van der Waals surface area contributed by atoms with Crippen LogP contribution >= 0.6 is 22.7 Å². The molecule has 0 radical (unpaired) electrons. The first-order valence-electron chi connectivity index (χ1n) is 11.0. The molecule has 7 nitrogen and oxygen atoms in total. The van der Waals surface area contributed by atoms with Crippen LogP contribution in [0.4, 0.5) is 0 Å². The number of aryl methyl sites for hydroxylation is 1. The molecule has 0 spiro atoms. The third kappa shape index (κ3) is 5.91. The topological polar surface area (TPSA) is 91.7 Å². The predicted molar refractivity (Wildman–Crippen MR) is 128 cm³/mol. The normalized spacial score (nSPS) is 14.7. The lowest BCUT2D eigenvalue weighted by atomic mass is 10.1. The first-order chi connectivity index (χ1) is 16.0. The van der Waals surface area contributed by atoms with Gasteiger partial charge in [0, 0.05) is 10.9 Å². The van der Waals surface area contributed by atoms with Gasteiger partial charge in [0.25, 0.3) is 11.8 Å². The maximum Gasteiger partial charge on any atom is 0.261 e. The van der Waals surface area contributed by atoms with Crippen LogP contribution < -0.4 is 10.6 Å². The zero-order valence-electron chi connectivity index (χ0n) is 18.4. The first kappa shape index (κ1) is 23.3. The van der Waals surface area contributed by atoms with Crippen LogP contribution in [0.5, 0.6) is 0 Å². The number of hydrogen-bond donors (Lipinski definition) is 2. The highest BCUT2D eigenvalue weighted by Crippen LogP contribution is 2.28. The van der Waals surface area contributed by atoms with Gasteiger partial charge in [0.2, 0.25) is 5.91 Å². The van der Waals surface area contributed by atoms with E-state index in [4.69, 9.17) is 4.42 Å². The van der Waals surface area contributed by atoms with Gasteiger partial charge < -0.3 is 20.0 Å². The van der Waals surface area contributed by atoms with Gasteiger partial charge >= 0.3 is 0 Å². The Labute approximate surface area is 200 Å². The van der Waals surface area contributed by atoms with E-state index in [1.807, 2.05) is 29.8 Å². The summed E-state index contributed by atoms with van der Waals surface area (Å²) < 4.78 is 5.83. The average Bonchev–Trinajstić information content (AvgIpc) is 3.60. The van der Waals surface area contributed by atoms with Crippen LogP contribution in [0.3, 0.4) is 0 Å². The quantitative estimate of drug-likeness (QED) is 0.474. The van der Waals surface area contributed by atoms with E-state index in [0.717, 1.165) is 30.6 Å². The van der Waals surface area contributed by atoms with Crippen molar-refractivity contribution in [3.05, 3.63) is 68.4 Å². The minimum atomic E-state index is -0.924. The first-order valence-corrected chi connectivity index (χ1v) is 12.8. The van der Waals surface area contributed by atoms with E-state index in [2.05, 4.69) is 10.6 Å². The summed E-state index contributed by atoms with van der Waals surface area (Å²) in [5.41, 5.74) is 0. The second kappa shape index (κ2) is 10.8.